The minimum Gasteiger partial charge on any atom is -0.465 e. The van der Waals surface area contributed by atoms with E-state index >= 15 is 0 Å². The molecule has 1 rings (SSSR count). The molecule has 0 N–H and O–H groups in total. The molecule has 0 aliphatic heterocycles. The lowest BCUT2D eigenvalue weighted by Gasteiger charge is -2.43. The summed E-state index contributed by atoms with van der Waals surface area (Å²) in [6.07, 6.45) is 6.80. The molecule has 0 saturated carbocycles. The van der Waals surface area contributed by atoms with Crippen molar-refractivity contribution >= 4 is 16.3 Å². The molecule has 21 heavy (non-hydrogen) atoms. The largest absolute Gasteiger partial charge is 0.465 e. The fourth-order valence-electron chi connectivity index (χ4n) is 1.40. The zero-order valence-corrected chi connectivity index (χ0v) is 14.7. The Kier molecular flexibility index (Phi) is 6.22. The van der Waals surface area contributed by atoms with Gasteiger partial charge in [0, 0.05) is 17.4 Å². The van der Waals surface area contributed by atoms with Crippen molar-refractivity contribution in [3.05, 3.63) is 11.9 Å². The lowest BCUT2D eigenvalue weighted by molar-refractivity contribution is -0.144. The first-order valence-electron chi connectivity index (χ1n) is 7.07. The molecular formula is C14H27N3O3S. The van der Waals surface area contributed by atoms with Crippen LogP contribution in [0, 0.1) is 0 Å². The van der Waals surface area contributed by atoms with Gasteiger partial charge in [-0.15, -0.1) is 15.4 Å². The van der Waals surface area contributed by atoms with Crippen molar-refractivity contribution in [2.24, 2.45) is 0 Å². The number of carbonyl (C=O) groups is 1. The molecule has 1 aromatic rings. The molecule has 0 amide bonds. The molecule has 1 heterocycles. The molecule has 7 heteroatoms. The summed E-state index contributed by atoms with van der Waals surface area (Å²) in [7, 11) is -1.12. The Labute approximate surface area is 128 Å². The minimum atomic E-state index is -1.12. The Balaban J connectivity index is 2.44. The van der Waals surface area contributed by atoms with Gasteiger partial charge < -0.3 is 8.92 Å². The van der Waals surface area contributed by atoms with Gasteiger partial charge >= 0.3 is 5.97 Å². The molecule has 0 bridgehead atoms. The van der Waals surface area contributed by atoms with Gasteiger partial charge in [0.05, 0.1) is 18.9 Å². The molecule has 0 fully saturated rings. The van der Waals surface area contributed by atoms with Crippen LogP contribution >= 0.6 is 10.3 Å². The molecule has 0 unspecified atom stereocenters. The van der Waals surface area contributed by atoms with Crippen molar-refractivity contribution in [2.45, 2.75) is 45.4 Å². The van der Waals surface area contributed by atoms with Crippen LogP contribution in [0.2, 0.25) is 0 Å². The summed E-state index contributed by atoms with van der Waals surface area (Å²) in [5.74, 6) is -0.302. The summed E-state index contributed by atoms with van der Waals surface area (Å²) >= 11 is 0. The number of nitrogens with zero attached hydrogens (tertiary/aromatic N) is 3. The van der Waals surface area contributed by atoms with Crippen LogP contribution in [-0.4, -0.2) is 51.4 Å². The number of hydrogen-bond acceptors (Lipinski definition) is 5. The number of hydrogen-bond donors (Lipinski definition) is 0. The average molecular weight is 317 g/mol. The first-order valence-corrected chi connectivity index (χ1v) is 9.45. The van der Waals surface area contributed by atoms with E-state index in [1.165, 1.54) is 4.68 Å². The van der Waals surface area contributed by atoms with E-state index in [1.54, 1.807) is 13.1 Å². The summed E-state index contributed by atoms with van der Waals surface area (Å²) in [4.78, 5) is 11.3. The van der Waals surface area contributed by atoms with Crippen LogP contribution in [-0.2, 0) is 26.7 Å². The highest BCUT2D eigenvalue weighted by Crippen LogP contribution is 2.53. The fourth-order valence-corrected chi connectivity index (χ4v) is 2.25. The Morgan fingerprint density at radius 1 is 1.38 bits per heavy atom. The third-order valence-electron chi connectivity index (χ3n) is 3.39. The van der Waals surface area contributed by atoms with Crippen LogP contribution in [0.4, 0.5) is 0 Å². The summed E-state index contributed by atoms with van der Waals surface area (Å²) in [5, 5.41) is 7.96. The van der Waals surface area contributed by atoms with Gasteiger partial charge in [0.25, 0.3) is 0 Å². The number of aromatic nitrogens is 3. The third-order valence-corrected chi connectivity index (χ3v) is 7.10. The molecule has 122 valence electrons. The van der Waals surface area contributed by atoms with Gasteiger partial charge in [0.15, 0.2) is 0 Å². The normalized spacial score (nSPS) is 13.2. The zero-order valence-electron chi connectivity index (χ0n) is 13.9. The quantitative estimate of drug-likeness (QED) is 0.721. The van der Waals surface area contributed by atoms with Gasteiger partial charge in [-0.3, -0.25) is 4.79 Å². The van der Waals surface area contributed by atoms with E-state index in [1.807, 2.05) is 0 Å². The molecule has 0 radical (unpaired) electrons. The Morgan fingerprint density at radius 2 is 2.05 bits per heavy atom. The number of esters is 1. The first kappa shape index (κ1) is 18.0. The van der Waals surface area contributed by atoms with Crippen molar-refractivity contribution in [2.75, 3.05) is 25.7 Å². The van der Waals surface area contributed by atoms with Gasteiger partial charge in [-0.05, 0) is 19.4 Å². The second kappa shape index (κ2) is 7.26. The van der Waals surface area contributed by atoms with Gasteiger partial charge in [-0.25, -0.2) is 4.68 Å². The predicted molar refractivity (Wildman–Crippen MR) is 85.5 cm³/mol. The van der Waals surface area contributed by atoms with Crippen LogP contribution in [0.25, 0.3) is 0 Å². The van der Waals surface area contributed by atoms with Crippen molar-refractivity contribution in [3.63, 3.8) is 0 Å². The fraction of sp³-hybridized carbons (Fsp3) is 0.786. The molecule has 0 saturated heterocycles. The van der Waals surface area contributed by atoms with Gasteiger partial charge in [-0.1, -0.05) is 26.0 Å². The monoisotopic (exact) mass is 317 g/mol. The van der Waals surface area contributed by atoms with E-state index in [4.69, 9.17) is 8.92 Å². The number of rotatable bonds is 7. The highest BCUT2D eigenvalue weighted by molar-refractivity contribution is 8.29. The van der Waals surface area contributed by atoms with E-state index in [0.717, 1.165) is 5.69 Å². The van der Waals surface area contributed by atoms with E-state index in [2.05, 4.69) is 43.6 Å². The molecule has 1 aromatic heterocycles. The van der Waals surface area contributed by atoms with Crippen molar-refractivity contribution in [3.8, 4) is 0 Å². The summed E-state index contributed by atoms with van der Waals surface area (Å²) in [5.41, 5.74) is 0.823. The van der Waals surface area contributed by atoms with Gasteiger partial charge in [-0.2, -0.15) is 0 Å². The van der Waals surface area contributed by atoms with Crippen molar-refractivity contribution < 1.29 is 13.7 Å². The van der Waals surface area contributed by atoms with Gasteiger partial charge in [0.1, 0.15) is 6.54 Å². The topological polar surface area (TPSA) is 66.2 Å². The zero-order chi connectivity index (χ0) is 16.1. The second-order valence-electron chi connectivity index (χ2n) is 6.13. The Bertz CT molecular complexity index is 466. The average Bonchev–Trinajstić information content (AvgIpc) is 2.75. The van der Waals surface area contributed by atoms with E-state index in [0.29, 0.717) is 19.6 Å². The van der Waals surface area contributed by atoms with Gasteiger partial charge in [0.2, 0.25) is 0 Å². The molecule has 0 atom stereocenters. The van der Waals surface area contributed by atoms with E-state index in [-0.39, 0.29) is 17.3 Å². The predicted octanol–water partition coefficient (Wildman–Crippen LogP) is 2.18. The second-order valence-corrected chi connectivity index (χ2v) is 10.1. The van der Waals surface area contributed by atoms with Crippen LogP contribution < -0.4 is 0 Å². The maximum atomic E-state index is 11.3. The van der Waals surface area contributed by atoms with E-state index < -0.39 is 10.3 Å². The molecule has 0 spiro atoms. The SMILES string of the molecule is CCOC(=O)Cn1cc(CCOS(C)(C)C(C)(C)C)nn1. The van der Waals surface area contributed by atoms with E-state index in [9.17, 15) is 4.79 Å². The summed E-state index contributed by atoms with van der Waals surface area (Å²) in [6, 6.07) is 0. The first-order chi connectivity index (χ1) is 9.65. The summed E-state index contributed by atoms with van der Waals surface area (Å²) < 4.78 is 12.6. The molecule has 6 nitrogen and oxygen atoms in total. The molecule has 0 aliphatic carbocycles. The summed E-state index contributed by atoms with van der Waals surface area (Å²) in [6.45, 7) is 9.44. The van der Waals surface area contributed by atoms with Crippen molar-refractivity contribution in [1.82, 2.24) is 15.0 Å². The highest BCUT2D eigenvalue weighted by Gasteiger charge is 2.28. The number of ether oxygens (including phenoxy) is 1. The lowest BCUT2D eigenvalue weighted by Crippen LogP contribution is -2.25. The molecule has 0 aromatic carbocycles. The highest BCUT2D eigenvalue weighted by atomic mass is 32.3. The lowest BCUT2D eigenvalue weighted by atomic mass is 10.3. The minimum absolute atomic E-state index is 0.0977. The Hall–Kier alpha value is -1.08. The molecular weight excluding hydrogens is 290 g/mol. The van der Waals surface area contributed by atoms with Crippen LogP contribution in [0.1, 0.15) is 33.4 Å². The van der Waals surface area contributed by atoms with Crippen LogP contribution in [0.15, 0.2) is 6.20 Å². The third kappa shape index (κ3) is 5.67. The number of carbonyl (C=O) groups excluding carboxylic acids is 1. The van der Waals surface area contributed by atoms with Crippen LogP contribution in [0.5, 0.6) is 0 Å². The maximum absolute atomic E-state index is 11.3. The standard InChI is InChI=1S/C14H27N3O3S/c1-7-19-13(18)11-17-10-12(15-16-17)8-9-20-21(5,6)14(2,3)4/h10H,7-9,11H2,1-6H3. The Morgan fingerprint density at radius 3 is 2.62 bits per heavy atom. The van der Waals surface area contributed by atoms with Crippen LogP contribution in [0.3, 0.4) is 0 Å². The smallest absolute Gasteiger partial charge is 0.327 e. The maximum Gasteiger partial charge on any atom is 0.327 e. The molecule has 0 aliphatic rings. The van der Waals surface area contributed by atoms with Crippen molar-refractivity contribution in [1.29, 1.82) is 0 Å².